The Morgan fingerprint density at radius 3 is 2.67 bits per heavy atom. The summed E-state index contributed by atoms with van der Waals surface area (Å²) in [7, 11) is 0. The Hall–Kier alpha value is -3.00. The molecule has 1 saturated heterocycles. The van der Waals surface area contributed by atoms with Gasteiger partial charge >= 0.3 is 0 Å². The van der Waals surface area contributed by atoms with Crippen LogP contribution in [0.15, 0.2) is 36.7 Å². The molecule has 8 nitrogen and oxygen atoms in total. The van der Waals surface area contributed by atoms with Crippen molar-refractivity contribution in [2.75, 3.05) is 32.0 Å². The van der Waals surface area contributed by atoms with E-state index in [2.05, 4.69) is 15.1 Å². The van der Waals surface area contributed by atoms with Gasteiger partial charge in [0.15, 0.2) is 5.65 Å². The summed E-state index contributed by atoms with van der Waals surface area (Å²) in [6.45, 7) is 2.43. The molecule has 4 rings (SSSR count). The summed E-state index contributed by atoms with van der Waals surface area (Å²) in [6, 6.07) is 7.33. The molecule has 0 radical (unpaired) electrons. The number of carbonyl (C=O) groups excluding carboxylic acids is 1. The maximum Gasteiger partial charge on any atom is 0.254 e. The fourth-order valence-electron chi connectivity index (χ4n) is 2.76. The fourth-order valence-corrected chi connectivity index (χ4v) is 2.76. The number of hydrogen-bond acceptors (Lipinski definition) is 6. The normalized spacial score (nSPS) is 14.9. The Kier molecular flexibility index (Phi) is 3.58. The van der Waals surface area contributed by atoms with E-state index in [1.807, 2.05) is 12.1 Å². The van der Waals surface area contributed by atoms with Gasteiger partial charge in [-0.15, -0.1) is 5.10 Å². The Morgan fingerprint density at radius 1 is 1.17 bits per heavy atom. The van der Waals surface area contributed by atoms with E-state index in [9.17, 15) is 4.79 Å². The van der Waals surface area contributed by atoms with E-state index in [0.717, 1.165) is 5.56 Å². The van der Waals surface area contributed by atoms with Crippen molar-refractivity contribution in [1.29, 1.82) is 0 Å². The Labute approximate surface area is 137 Å². The van der Waals surface area contributed by atoms with Crippen LogP contribution in [0.4, 0.5) is 5.95 Å². The van der Waals surface area contributed by atoms with Crippen molar-refractivity contribution in [3.05, 3.63) is 42.2 Å². The van der Waals surface area contributed by atoms with Crippen LogP contribution in [0, 0.1) is 0 Å². The predicted octanol–water partition coefficient (Wildman–Crippen LogP) is 0.846. The van der Waals surface area contributed by atoms with Crippen LogP contribution >= 0.6 is 0 Å². The summed E-state index contributed by atoms with van der Waals surface area (Å²) in [5.41, 5.74) is 8.41. The first-order valence-corrected chi connectivity index (χ1v) is 7.67. The summed E-state index contributed by atoms with van der Waals surface area (Å²) < 4.78 is 6.87. The number of nitrogens with two attached hydrogens (primary N) is 1. The molecule has 8 heteroatoms. The number of morpholine rings is 1. The molecular weight excluding hydrogens is 308 g/mol. The number of ether oxygens (including phenoxy) is 1. The first-order valence-electron chi connectivity index (χ1n) is 7.67. The number of nitrogen functional groups attached to an aromatic ring is 1. The second kappa shape index (κ2) is 5.89. The third-order valence-corrected chi connectivity index (χ3v) is 3.97. The molecule has 1 aromatic carbocycles. The predicted molar refractivity (Wildman–Crippen MR) is 87.4 cm³/mol. The Bertz CT molecular complexity index is 883. The maximum absolute atomic E-state index is 12.5. The molecule has 0 spiro atoms. The minimum Gasteiger partial charge on any atom is -0.378 e. The van der Waals surface area contributed by atoms with Gasteiger partial charge in [0.1, 0.15) is 5.69 Å². The van der Waals surface area contributed by atoms with Gasteiger partial charge in [-0.25, -0.2) is 4.52 Å². The zero-order valence-corrected chi connectivity index (χ0v) is 12.9. The Morgan fingerprint density at radius 2 is 1.92 bits per heavy atom. The second-order valence-corrected chi connectivity index (χ2v) is 5.50. The van der Waals surface area contributed by atoms with Gasteiger partial charge in [0.05, 0.1) is 13.2 Å². The number of rotatable bonds is 2. The maximum atomic E-state index is 12.5. The van der Waals surface area contributed by atoms with Gasteiger partial charge < -0.3 is 15.4 Å². The molecule has 0 aliphatic carbocycles. The molecule has 24 heavy (non-hydrogen) atoms. The molecule has 122 valence electrons. The molecule has 3 aromatic rings. The lowest BCUT2D eigenvalue weighted by atomic mass is 10.1. The number of amides is 1. The Balaban J connectivity index is 1.64. The molecule has 3 heterocycles. The van der Waals surface area contributed by atoms with Crippen LogP contribution in [0.3, 0.4) is 0 Å². The average Bonchev–Trinajstić information content (AvgIpc) is 3.02. The minimum absolute atomic E-state index is 0.0164. The fraction of sp³-hybridized carbons (Fsp3) is 0.250. The van der Waals surface area contributed by atoms with Crippen LogP contribution < -0.4 is 5.73 Å². The van der Waals surface area contributed by atoms with Crippen LogP contribution in [0.5, 0.6) is 0 Å². The van der Waals surface area contributed by atoms with E-state index in [0.29, 0.717) is 43.2 Å². The second-order valence-electron chi connectivity index (χ2n) is 5.50. The quantitative estimate of drug-likeness (QED) is 0.750. The van der Waals surface area contributed by atoms with Gasteiger partial charge in [-0.2, -0.15) is 4.98 Å². The molecule has 2 N–H and O–H groups in total. The topological polar surface area (TPSA) is 98.6 Å². The smallest absolute Gasteiger partial charge is 0.254 e. The first-order chi connectivity index (χ1) is 11.7. The molecule has 1 aliphatic rings. The molecule has 0 bridgehead atoms. The van der Waals surface area contributed by atoms with Gasteiger partial charge in [0, 0.05) is 36.6 Å². The number of fused-ring (bicyclic) bond motifs is 1. The van der Waals surface area contributed by atoms with Crippen molar-refractivity contribution >= 4 is 17.5 Å². The number of aromatic nitrogens is 4. The van der Waals surface area contributed by atoms with E-state index in [1.54, 1.807) is 33.9 Å². The van der Waals surface area contributed by atoms with Crippen LogP contribution in [0.1, 0.15) is 10.4 Å². The lowest BCUT2D eigenvalue weighted by Gasteiger charge is -2.26. The number of anilines is 1. The molecule has 1 fully saturated rings. The summed E-state index contributed by atoms with van der Waals surface area (Å²) in [5.74, 6) is 0.214. The van der Waals surface area contributed by atoms with Crippen molar-refractivity contribution in [2.24, 2.45) is 0 Å². The van der Waals surface area contributed by atoms with E-state index in [1.165, 1.54) is 0 Å². The highest BCUT2D eigenvalue weighted by atomic mass is 16.5. The number of nitrogens with zero attached hydrogens (tertiary/aromatic N) is 5. The van der Waals surface area contributed by atoms with E-state index < -0.39 is 0 Å². The zero-order valence-electron chi connectivity index (χ0n) is 12.9. The van der Waals surface area contributed by atoms with Crippen molar-refractivity contribution < 1.29 is 9.53 Å². The van der Waals surface area contributed by atoms with Crippen molar-refractivity contribution in [1.82, 2.24) is 24.5 Å². The molecule has 1 amide bonds. The first kappa shape index (κ1) is 14.6. The van der Waals surface area contributed by atoms with E-state index in [4.69, 9.17) is 10.5 Å². The van der Waals surface area contributed by atoms with Gasteiger partial charge in [-0.3, -0.25) is 9.78 Å². The lowest BCUT2D eigenvalue weighted by molar-refractivity contribution is 0.0303. The average molecular weight is 324 g/mol. The summed E-state index contributed by atoms with van der Waals surface area (Å²) >= 11 is 0. The van der Waals surface area contributed by atoms with Gasteiger partial charge in [-0.05, 0) is 12.1 Å². The monoisotopic (exact) mass is 324 g/mol. The number of benzene rings is 1. The summed E-state index contributed by atoms with van der Waals surface area (Å²) in [4.78, 5) is 22.8. The van der Waals surface area contributed by atoms with Crippen molar-refractivity contribution in [2.45, 2.75) is 0 Å². The van der Waals surface area contributed by atoms with Crippen molar-refractivity contribution in [3.8, 4) is 11.3 Å². The zero-order chi connectivity index (χ0) is 16.5. The van der Waals surface area contributed by atoms with Gasteiger partial charge in [0.25, 0.3) is 5.91 Å². The van der Waals surface area contributed by atoms with Crippen LogP contribution in [0.25, 0.3) is 16.9 Å². The van der Waals surface area contributed by atoms with E-state index in [-0.39, 0.29) is 11.9 Å². The molecule has 0 atom stereocenters. The molecule has 2 aromatic heterocycles. The lowest BCUT2D eigenvalue weighted by Crippen LogP contribution is -2.40. The molecule has 0 saturated carbocycles. The van der Waals surface area contributed by atoms with E-state index >= 15 is 0 Å². The van der Waals surface area contributed by atoms with Crippen LogP contribution in [-0.4, -0.2) is 56.7 Å². The van der Waals surface area contributed by atoms with Crippen LogP contribution in [-0.2, 0) is 4.74 Å². The highest BCUT2D eigenvalue weighted by Crippen LogP contribution is 2.22. The third kappa shape index (κ3) is 2.56. The molecule has 1 aliphatic heterocycles. The van der Waals surface area contributed by atoms with Crippen LogP contribution in [0.2, 0.25) is 0 Å². The SMILES string of the molecule is Nc1nc2c(-c3ccc(C(=O)N4CCOCC4)cc3)nccn2n1. The third-order valence-electron chi connectivity index (χ3n) is 3.97. The molecular formula is C16H16N6O2. The number of hydrogen-bond donors (Lipinski definition) is 1. The number of carbonyl (C=O) groups is 1. The minimum atomic E-state index is 0.0164. The highest BCUT2D eigenvalue weighted by Gasteiger charge is 2.18. The van der Waals surface area contributed by atoms with Gasteiger partial charge in [0.2, 0.25) is 5.95 Å². The van der Waals surface area contributed by atoms with Crippen molar-refractivity contribution in [3.63, 3.8) is 0 Å². The standard InChI is InChI=1S/C16H16N6O2/c17-16-19-14-13(18-5-6-22(14)20-16)11-1-3-12(4-2-11)15(23)21-7-9-24-10-8-21/h1-6H,7-10H2,(H2,17,20). The summed E-state index contributed by atoms with van der Waals surface area (Å²) in [6.07, 6.45) is 3.34. The highest BCUT2D eigenvalue weighted by molar-refractivity contribution is 5.95. The molecule has 0 unspecified atom stereocenters. The summed E-state index contributed by atoms with van der Waals surface area (Å²) in [5, 5.41) is 4.08. The largest absolute Gasteiger partial charge is 0.378 e. The van der Waals surface area contributed by atoms with Gasteiger partial charge in [-0.1, -0.05) is 12.1 Å².